The standard InChI is InChI=1S/C15H25N5O/c1-3-16-15(21)14-12-13(4-5-18-14)17-6-7-20-10-8-19(2)9-11-20/h4-5,12H,3,6-11H2,1-2H3,(H,16,21)(H,17,18). The molecule has 1 aliphatic heterocycles. The fourth-order valence-corrected chi connectivity index (χ4v) is 2.35. The molecule has 1 fully saturated rings. The summed E-state index contributed by atoms with van der Waals surface area (Å²) in [4.78, 5) is 20.6. The number of hydrogen-bond acceptors (Lipinski definition) is 5. The van der Waals surface area contributed by atoms with Gasteiger partial charge in [-0.1, -0.05) is 0 Å². The van der Waals surface area contributed by atoms with Crippen molar-refractivity contribution in [2.75, 3.05) is 58.2 Å². The molecule has 0 bridgehead atoms. The Hall–Kier alpha value is -1.66. The molecule has 0 radical (unpaired) electrons. The monoisotopic (exact) mass is 291 g/mol. The van der Waals surface area contributed by atoms with Crippen LogP contribution in [0.25, 0.3) is 0 Å². The van der Waals surface area contributed by atoms with Gasteiger partial charge in [0.15, 0.2) is 0 Å². The van der Waals surface area contributed by atoms with E-state index in [1.54, 1.807) is 12.3 Å². The van der Waals surface area contributed by atoms with Gasteiger partial charge in [0.2, 0.25) is 0 Å². The zero-order chi connectivity index (χ0) is 15.1. The van der Waals surface area contributed by atoms with Gasteiger partial charge >= 0.3 is 0 Å². The van der Waals surface area contributed by atoms with E-state index in [0.717, 1.165) is 45.0 Å². The smallest absolute Gasteiger partial charge is 0.269 e. The van der Waals surface area contributed by atoms with Gasteiger partial charge < -0.3 is 15.5 Å². The number of pyridine rings is 1. The molecule has 1 aromatic rings. The van der Waals surface area contributed by atoms with Crippen LogP contribution in [0.3, 0.4) is 0 Å². The molecule has 0 aliphatic carbocycles. The lowest BCUT2D eigenvalue weighted by molar-refractivity contribution is 0.0951. The van der Waals surface area contributed by atoms with Gasteiger partial charge in [-0.15, -0.1) is 0 Å². The molecule has 6 heteroatoms. The third-order valence-electron chi connectivity index (χ3n) is 3.68. The molecule has 0 aromatic carbocycles. The summed E-state index contributed by atoms with van der Waals surface area (Å²) in [5, 5.41) is 6.12. The molecule has 1 saturated heterocycles. The van der Waals surface area contributed by atoms with Gasteiger partial charge in [0.05, 0.1) is 0 Å². The predicted molar refractivity (Wildman–Crippen MR) is 84.7 cm³/mol. The minimum Gasteiger partial charge on any atom is -0.384 e. The first-order valence-corrected chi connectivity index (χ1v) is 7.58. The molecule has 21 heavy (non-hydrogen) atoms. The second kappa shape index (κ2) is 7.95. The van der Waals surface area contributed by atoms with Crippen LogP contribution in [0.2, 0.25) is 0 Å². The average molecular weight is 291 g/mol. The number of hydrogen-bond donors (Lipinski definition) is 2. The van der Waals surface area contributed by atoms with E-state index in [0.29, 0.717) is 12.2 Å². The van der Waals surface area contributed by atoms with Crippen LogP contribution in [-0.2, 0) is 0 Å². The summed E-state index contributed by atoms with van der Waals surface area (Å²) in [6.07, 6.45) is 1.67. The van der Waals surface area contributed by atoms with Crippen molar-refractivity contribution in [1.82, 2.24) is 20.1 Å². The van der Waals surface area contributed by atoms with Gasteiger partial charge in [0, 0.05) is 57.7 Å². The summed E-state index contributed by atoms with van der Waals surface area (Å²) in [6, 6.07) is 3.70. The average Bonchev–Trinajstić information content (AvgIpc) is 2.50. The fourth-order valence-electron chi connectivity index (χ4n) is 2.35. The van der Waals surface area contributed by atoms with E-state index in [-0.39, 0.29) is 5.91 Å². The van der Waals surface area contributed by atoms with Gasteiger partial charge in [-0.25, -0.2) is 0 Å². The van der Waals surface area contributed by atoms with Crippen molar-refractivity contribution < 1.29 is 4.79 Å². The minimum absolute atomic E-state index is 0.125. The van der Waals surface area contributed by atoms with Gasteiger partial charge in [-0.2, -0.15) is 0 Å². The summed E-state index contributed by atoms with van der Waals surface area (Å²) < 4.78 is 0. The highest BCUT2D eigenvalue weighted by Gasteiger charge is 2.13. The van der Waals surface area contributed by atoms with E-state index < -0.39 is 0 Å². The van der Waals surface area contributed by atoms with Crippen LogP contribution in [-0.4, -0.2) is 73.6 Å². The summed E-state index contributed by atoms with van der Waals surface area (Å²) >= 11 is 0. The number of likely N-dealkylation sites (N-methyl/N-ethyl adjacent to an activating group) is 1. The van der Waals surface area contributed by atoms with Gasteiger partial charge in [-0.3, -0.25) is 14.7 Å². The maximum Gasteiger partial charge on any atom is 0.269 e. The molecule has 1 aromatic heterocycles. The number of carbonyl (C=O) groups is 1. The Kier molecular flexibility index (Phi) is 5.95. The van der Waals surface area contributed by atoms with E-state index in [1.165, 1.54) is 0 Å². The summed E-state index contributed by atoms with van der Waals surface area (Å²) in [5.74, 6) is -0.125. The quantitative estimate of drug-likeness (QED) is 0.799. The Morgan fingerprint density at radius 3 is 2.81 bits per heavy atom. The lowest BCUT2D eigenvalue weighted by atomic mass is 10.3. The van der Waals surface area contributed by atoms with E-state index >= 15 is 0 Å². The van der Waals surface area contributed by atoms with Crippen molar-refractivity contribution in [3.05, 3.63) is 24.0 Å². The van der Waals surface area contributed by atoms with Crippen LogP contribution in [0.15, 0.2) is 18.3 Å². The normalized spacial score (nSPS) is 16.7. The van der Waals surface area contributed by atoms with Crippen LogP contribution < -0.4 is 10.6 Å². The molecule has 2 N–H and O–H groups in total. The molecule has 116 valence electrons. The molecule has 2 rings (SSSR count). The van der Waals surface area contributed by atoms with Crippen LogP contribution in [0.4, 0.5) is 5.69 Å². The number of nitrogens with one attached hydrogen (secondary N) is 2. The first kappa shape index (κ1) is 15.7. The Bertz CT molecular complexity index is 457. The molecular weight excluding hydrogens is 266 g/mol. The molecule has 1 aliphatic rings. The number of nitrogens with zero attached hydrogens (tertiary/aromatic N) is 3. The van der Waals surface area contributed by atoms with E-state index in [2.05, 4.69) is 32.5 Å². The van der Waals surface area contributed by atoms with Gasteiger partial charge in [0.1, 0.15) is 5.69 Å². The van der Waals surface area contributed by atoms with Crippen molar-refractivity contribution in [3.8, 4) is 0 Å². The van der Waals surface area contributed by atoms with Crippen LogP contribution in [0.5, 0.6) is 0 Å². The number of aromatic nitrogens is 1. The molecule has 6 nitrogen and oxygen atoms in total. The third kappa shape index (κ3) is 4.99. The highest BCUT2D eigenvalue weighted by Crippen LogP contribution is 2.08. The molecule has 0 atom stereocenters. The van der Waals surface area contributed by atoms with Gasteiger partial charge in [0.25, 0.3) is 5.91 Å². The van der Waals surface area contributed by atoms with Crippen molar-refractivity contribution in [1.29, 1.82) is 0 Å². The Morgan fingerprint density at radius 1 is 1.33 bits per heavy atom. The highest BCUT2D eigenvalue weighted by atomic mass is 16.1. The summed E-state index contributed by atoms with van der Waals surface area (Å²) in [7, 11) is 2.16. The lowest BCUT2D eigenvalue weighted by Gasteiger charge is -2.32. The molecule has 2 heterocycles. The van der Waals surface area contributed by atoms with Crippen molar-refractivity contribution in [2.24, 2.45) is 0 Å². The third-order valence-corrected chi connectivity index (χ3v) is 3.68. The topological polar surface area (TPSA) is 60.5 Å². The van der Waals surface area contributed by atoms with E-state index in [9.17, 15) is 4.79 Å². The number of carbonyl (C=O) groups excluding carboxylic acids is 1. The first-order chi connectivity index (χ1) is 10.2. The fraction of sp³-hybridized carbons (Fsp3) is 0.600. The Morgan fingerprint density at radius 2 is 2.10 bits per heavy atom. The molecule has 1 amide bonds. The predicted octanol–water partition coefficient (Wildman–Crippen LogP) is 0.491. The number of amides is 1. The van der Waals surface area contributed by atoms with Crippen LogP contribution in [0, 0.1) is 0 Å². The van der Waals surface area contributed by atoms with Gasteiger partial charge in [-0.05, 0) is 26.1 Å². The van der Waals surface area contributed by atoms with Crippen molar-refractivity contribution >= 4 is 11.6 Å². The van der Waals surface area contributed by atoms with Crippen LogP contribution >= 0.6 is 0 Å². The highest BCUT2D eigenvalue weighted by molar-refractivity contribution is 5.93. The maximum atomic E-state index is 11.7. The maximum absolute atomic E-state index is 11.7. The summed E-state index contributed by atoms with van der Waals surface area (Å²) in [6.45, 7) is 8.93. The lowest BCUT2D eigenvalue weighted by Crippen LogP contribution is -2.45. The zero-order valence-electron chi connectivity index (χ0n) is 12.9. The van der Waals surface area contributed by atoms with E-state index in [4.69, 9.17) is 0 Å². The van der Waals surface area contributed by atoms with E-state index in [1.807, 2.05) is 13.0 Å². The molecular formula is C15H25N5O. The molecule has 0 saturated carbocycles. The second-order valence-electron chi connectivity index (χ2n) is 5.36. The van der Waals surface area contributed by atoms with Crippen molar-refractivity contribution in [2.45, 2.75) is 6.92 Å². The van der Waals surface area contributed by atoms with Crippen LogP contribution in [0.1, 0.15) is 17.4 Å². The molecule has 0 unspecified atom stereocenters. The first-order valence-electron chi connectivity index (χ1n) is 7.58. The van der Waals surface area contributed by atoms with Crippen molar-refractivity contribution in [3.63, 3.8) is 0 Å². The Labute approximate surface area is 126 Å². The summed E-state index contributed by atoms with van der Waals surface area (Å²) in [5.41, 5.74) is 1.40. The number of anilines is 1. The largest absolute Gasteiger partial charge is 0.384 e. The molecule has 0 spiro atoms. The zero-order valence-corrected chi connectivity index (χ0v) is 12.9. The number of rotatable bonds is 6. The number of piperazine rings is 1. The SMILES string of the molecule is CCNC(=O)c1cc(NCCN2CCN(C)CC2)ccn1. The Balaban J connectivity index is 1.78. The minimum atomic E-state index is -0.125. The second-order valence-corrected chi connectivity index (χ2v) is 5.36.